The standard InChI is InChI=1S/C14H29N3/c1-5-12(2)16-6-8-17(9-7-16)13-10-14(3,4)15-11-13/h12-13,15H,5-11H2,1-4H3. The number of nitrogens with one attached hydrogen (secondary N) is 1. The first-order chi connectivity index (χ1) is 8.02. The molecule has 17 heavy (non-hydrogen) atoms. The molecule has 2 unspecified atom stereocenters. The third-order valence-electron chi connectivity index (χ3n) is 4.64. The minimum atomic E-state index is 0.346. The second-order valence-electron chi connectivity index (χ2n) is 6.45. The van der Waals surface area contributed by atoms with Gasteiger partial charge in [-0.3, -0.25) is 9.80 Å². The van der Waals surface area contributed by atoms with E-state index >= 15 is 0 Å². The molecular formula is C14H29N3. The monoisotopic (exact) mass is 239 g/mol. The molecule has 0 bridgehead atoms. The van der Waals surface area contributed by atoms with Crippen LogP contribution in [0, 0.1) is 0 Å². The third-order valence-corrected chi connectivity index (χ3v) is 4.64. The lowest BCUT2D eigenvalue weighted by atomic mass is 10.00. The van der Waals surface area contributed by atoms with Crippen LogP contribution < -0.4 is 5.32 Å². The molecule has 0 aromatic rings. The van der Waals surface area contributed by atoms with Crippen molar-refractivity contribution in [1.82, 2.24) is 15.1 Å². The summed E-state index contributed by atoms with van der Waals surface area (Å²) in [5.74, 6) is 0. The van der Waals surface area contributed by atoms with E-state index in [1.165, 1.54) is 45.6 Å². The van der Waals surface area contributed by atoms with Crippen molar-refractivity contribution in [3.8, 4) is 0 Å². The summed E-state index contributed by atoms with van der Waals surface area (Å²) in [6.45, 7) is 15.5. The van der Waals surface area contributed by atoms with E-state index in [1.54, 1.807) is 0 Å². The summed E-state index contributed by atoms with van der Waals surface area (Å²) in [6, 6.07) is 1.53. The van der Waals surface area contributed by atoms with Crippen LogP contribution in [0.5, 0.6) is 0 Å². The molecule has 2 rings (SSSR count). The van der Waals surface area contributed by atoms with Gasteiger partial charge in [-0.25, -0.2) is 0 Å². The molecule has 2 aliphatic rings. The number of hydrogen-bond donors (Lipinski definition) is 1. The highest BCUT2D eigenvalue weighted by molar-refractivity contribution is 4.95. The summed E-state index contributed by atoms with van der Waals surface area (Å²) >= 11 is 0. The van der Waals surface area contributed by atoms with Crippen molar-refractivity contribution in [2.24, 2.45) is 0 Å². The summed E-state index contributed by atoms with van der Waals surface area (Å²) in [4.78, 5) is 5.34. The quantitative estimate of drug-likeness (QED) is 0.806. The van der Waals surface area contributed by atoms with E-state index in [0.717, 1.165) is 12.1 Å². The highest BCUT2D eigenvalue weighted by atomic mass is 15.3. The number of piperazine rings is 1. The Labute approximate surface area is 107 Å². The summed E-state index contributed by atoms with van der Waals surface area (Å²) in [5, 5.41) is 3.63. The number of rotatable bonds is 3. The molecule has 3 heteroatoms. The van der Waals surface area contributed by atoms with Gasteiger partial charge in [-0.05, 0) is 33.6 Å². The SMILES string of the molecule is CCC(C)N1CCN(C2CNC(C)(C)C2)CC1. The normalized spacial score (nSPS) is 32.8. The van der Waals surface area contributed by atoms with E-state index in [9.17, 15) is 0 Å². The molecule has 0 saturated carbocycles. The maximum absolute atomic E-state index is 3.63. The van der Waals surface area contributed by atoms with E-state index in [0.29, 0.717) is 5.54 Å². The lowest BCUT2D eigenvalue weighted by Gasteiger charge is -2.40. The lowest BCUT2D eigenvalue weighted by molar-refractivity contribution is 0.0760. The van der Waals surface area contributed by atoms with Crippen LogP contribution in [-0.2, 0) is 0 Å². The van der Waals surface area contributed by atoms with Crippen LogP contribution in [0.15, 0.2) is 0 Å². The van der Waals surface area contributed by atoms with Crippen LogP contribution in [0.2, 0.25) is 0 Å². The average Bonchev–Trinajstić information content (AvgIpc) is 2.69. The molecule has 2 fully saturated rings. The maximum Gasteiger partial charge on any atom is 0.0239 e. The summed E-state index contributed by atoms with van der Waals surface area (Å²) < 4.78 is 0. The Bertz CT molecular complexity index is 244. The van der Waals surface area contributed by atoms with Gasteiger partial charge in [-0.1, -0.05) is 6.92 Å². The predicted molar refractivity (Wildman–Crippen MR) is 73.4 cm³/mol. The topological polar surface area (TPSA) is 18.5 Å². The second kappa shape index (κ2) is 5.25. The van der Waals surface area contributed by atoms with Crippen LogP contribution in [0.3, 0.4) is 0 Å². The molecule has 2 heterocycles. The fourth-order valence-corrected chi connectivity index (χ4v) is 3.19. The fraction of sp³-hybridized carbons (Fsp3) is 1.00. The van der Waals surface area contributed by atoms with Gasteiger partial charge in [0.2, 0.25) is 0 Å². The molecule has 0 radical (unpaired) electrons. The van der Waals surface area contributed by atoms with Crippen LogP contribution in [0.25, 0.3) is 0 Å². The van der Waals surface area contributed by atoms with Gasteiger partial charge < -0.3 is 5.32 Å². The van der Waals surface area contributed by atoms with Crippen molar-refractivity contribution < 1.29 is 0 Å². The summed E-state index contributed by atoms with van der Waals surface area (Å²) in [7, 11) is 0. The van der Waals surface area contributed by atoms with Gasteiger partial charge in [-0.2, -0.15) is 0 Å². The van der Waals surface area contributed by atoms with Crippen molar-refractivity contribution >= 4 is 0 Å². The van der Waals surface area contributed by atoms with Gasteiger partial charge in [0.25, 0.3) is 0 Å². The van der Waals surface area contributed by atoms with Crippen LogP contribution in [0.1, 0.15) is 40.5 Å². The Balaban J connectivity index is 1.80. The van der Waals surface area contributed by atoms with E-state index in [1.807, 2.05) is 0 Å². The molecule has 2 saturated heterocycles. The molecule has 0 aromatic heterocycles. The average molecular weight is 239 g/mol. The van der Waals surface area contributed by atoms with Gasteiger partial charge in [-0.15, -0.1) is 0 Å². The Morgan fingerprint density at radius 1 is 1.24 bits per heavy atom. The molecule has 1 N–H and O–H groups in total. The largest absolute Gasteiger partial charge is 0.310 e. The Morgan fingerprint density at radius 2 is 1.88 bits per heavy atom. The number of hydrogen-bond acceptors (Lipinski definition) is 3. The number of nitrogens with zero attached hydrogens (tertiary/aromatic N) is 2. The maximum atomic E-state index is 3.63. The zero-order valence-electron chi connectivity index (χ0n) is 12.0. The first-order valence-electron chi connectivity index (χ1n) is 7.25. The second-order valence-corrected chi connectivity index (χ2v) is 6.45. The summed E-state index contributed by atoms with van der Waals surface area (Å²) in [6.07, 6.45) is 2.58. The third kappa shape index (κ3) is 3.21. The van der Waals surface area contributed by atoms with E-state index in [-0.39, 0.29) is 0 Å². The van der Waals surface area contributed by atoms with Crippen LogP contribution in [0.4, 0.5) is 0 Å². The smallest absolute Gasteiger partial charge is 0.0239 e. The highest BCUT2D eigenvalue weighted by Gasteiger charge is 2.35. The highest BCUT2D eigenvalue weighted by Crippen LogP contribution is 2.23. The molecule has 0 aromatic carbocycles. The van der Waals surface area contributed by atoms with E-state index < -0.39 is 0 Å². The zero-order chi connectivity index (χ0) is 12.5. The molecule has 0 aliphatic carbocycles. The van der Waals surface area contributed by atoms with Crippen LogP contribution >= 0.6 is 0 Å². The molecule has 2 aliphatic heterocycles. The van der Waals surface area contributed by atoms with Gasteiger partial charge >= 0.3 is 0 Å². The molecule has 3 nitrogen and oxygen atoms in total. The molecule has 0 amide bonds. The van der Waals surface area contributed by atoms with Gasteiger partial charge in [0.15, 0.2) is 0 Å². The molecule has 2 atom stereocenters. The van der Waals surface area contributed by atoms with Gasteiger partial charge in [0.1, 0.15) is 0 Å². The fourth-order valence-electron chi connectivity index (χ4n) is 3.19. The predicted octanol–water partition coefficient (Wildman–Crippen LogP) is 1.54. The molecule has 100 valence electrons. The van der Waals surface area contributed by atoms with Crippen molar-refractivity contribution in [1.29, 1.82) is 0 Å². The summed E-state index contributed by atoms with van der Waals surface area (Å²) in [5.41, 5.74) is 0.346. The lowest BCUT2D eigenvalue weighted by Crippen LogP contribution is -2.53. The van der Waals surface area contributed by atoms with Crippen molar-refractivity contribution in [3.63, 3.8) is 0 Å². The van der Waals surface area contributed by atoms with E-state index in [2.05, 4.69) is 42.8 Å². The Kier molecular flexibility index (Phi) is 4.11. The Hall–Kier alpha value is -0.120. The minimum Gasteiger partial charge on any atom is -0.310 e. The van der Waals surface area contributed by atoms with Crippen molar-refractivity contribution in [2.45, 2.75) is 58.2 Å². The zero-order valence-corrected chi connectivity index (χ0v) is 12.0. The van der Waals surface area contributed by atoms with Gasteiger partial charge in [0.05, 0.1) is 0 Å². The van der Waals surface area contributed by atoms with Crippen molar-refractivity contribution in [3.05, 3.63) is 0 Å². The van der Waals surface area contributed by atoms with Crippen molar-refractivity contribution in [2.75, 3.05) is 32.7 Å². The first-order valence-corrected chi connectivity index (χ1v) is 7.25. The minimum absolute atomic E-state index is 0.346. The Morgan fingerprint density at radius 3 is 2.35 bits per heavy atom. The van der Waals surface area contributed by atoms with Crippen LogP contribution in [-0.4, -0.2) is 60.1 Å². The van der Waals surface area contributed by atoms with E-state index in [4.69, 9.17) is 0 Å². The molecular weight excluding hydrogens is 210 g/mol. The van der Waals surface area contributed by atoms with Gasteiger partial charge in [0, 0.05) is 50.3 Å². The molecule has 0 spiro atoms. The first kappa shape index (κ1) is 13.3.